The van der Waals surface area contributed by atoms with E-state index in [2.05, 4.69) is 21.1 Å². The Morgan fingerprint density at radius 2 is 1.03 bits per heavy atom. The molecule has 39 heavy (non-hydrogen) atoms. The van der Waals surface area contributed by atoms with Gasteiger partial charge in [-0.3, -0.25) is 51.3 Å². The summed E-state index contributed by atoms with van der Waals surface area (Å²) in [4.78, 5) is 42.3. The van der Waals surface area contributed by atoms with Gasteiger partial charge in [0.05, 0.1) is 31.8 Å². The zero-order valence-electron chi connectivity index (χ0n) is 19.7. The molecular weight excluding hydrogens is 516 g/mol. The van der Waals surface area contributed by atoms with Crippen molar-refractivity contribution in [2.45, 2.75) is 6.42 Å². The Hall–Kier alpha value is -5.02. The largest absolute Gasteiger partial charge is 0.301 e. The zero-order valence-corrected chi connectivity index (χ0v) is 19.7. The quantitative estimate of drug-likeness (QED) is 0.366. The van der Waals surface area contributed by atoms with Crippen molar-refractivity contribution in [3.63, 3.8) is 0 Å². The molecule has 0 aliphatic heterocycles. The molecular formula is C23H18N8O8. The van der Waals surface area contributed by atoms with Crippen molar-refractivity contribution in [1.29, 1.82) is 0 Å². The number of hydrogen-bond acceptors (Lipinski definition) is 12. The molecule has 7 rings (SSSR count). The fraction of sp³-hybridized carbons (Fsp3) is 0.391. The summed E-state index contributed by atoms with van der Waals surface area (Å²) in [6.45, 7) is 0. The summed E-state index contributed by atoms with van der Waals surface area (Å²) >= 11 is 0. The molecule has 2 aromatic carbocycles. The van der Waals surface area contributed by atoms with E-state index in [9.17, 15) is 40.5 Å². The predicted octanol–water partition coefficient (Wildman–Crippen LogP) is 3.94. The Labute approximate surface area is 217 Å². The van der Waals surface area contributed by atoms with Gasteiger partial charge in [0.1, 0.15) is 11.4 Å². The zero-order chi connectivity index (χ0) is 27.3. The minimum absolute atomic E-state index is 0.0671. The van der Waals surface area contributed by atoms with Crippen LogP contribution >= 0.6 is 0 Å². The molecule has 16 nitrogen and oxygen atoms in total. The van der Waals surface area contributed by atoms with Crippen LogP contribution in [0.4, 0.5) is 34.1 Å². The number of rotatable bonds is 8. The average Bonchev–Trinajstić information content (AvgIpc) is 3.44. The lowest BCUT2D eigenvalue weighted by Crippen LogP contribution is -2.48. The van der Waals surface area contributed by atoms with E-state index in [1.807, 2.05) is 0 Å². The highest BCUT2D eigenvalue weighted by molar-refractivity contribution is 6.11. The van der Waals surface area contributed by atoms with Crippen LogP contribution in [0.25, 0.3) is 0 Å². The van der Waals surface area contributed by atoms with E-state index < -0.39 is 31.1 Å². The van der Waals surface area contributed by atoms with Crippen LogP contribution in [0, 0.1) is 87.8 Å². The van der Waals surface area contributed by atoms with Crippen LogP contribution in [0.3, 0.4) is 0 Å². The number of nitrogens with zero attached hydrogens (tertiary/aromatic N) is 6. The van der Waals surface area contributed by atoms with E-state index in [0.717, 1.165) is 30.0 Å². The smallest absolute Gasteiger partial charge is 0.272 e. The molecule has 198 valence electrons. The summed E-state index contributed by atoms with van der Waals surface area (Å²) in [5.41, 5.74) is 5.94. The molecule has 5 saturated carbocycles. The van der Waals surface area contributed by atoms with Gasteiger partial charge in [-0.15, -0.1) is 0 Å². The molecule has 0 unspecified atom stereocenters. The number of nitro groups is 4. The maximum Gasteiger partial charge on any atom is 0.301 e. The van der Waals surface area contributed by atoms with E-state index in [1.54, 1.807) is 0 Å². The van der Waals surface area contributed by atoms with Crippen molar-refractivity contribution < 1.29 is 19.7 Å². The second-order valence-electron chi connectivity index (χ2n) is 10.5. The van der Waals surface area contributed by atoms with Gasteiger partial charge in [-0.05, 0) is 42.2 Å². The highest BCUT2D eigenvalue weighted by atomic mass is 16.6. The van der Waals surface area contributed by atoms with Gasteiger partial charge in [-0.2, -0.15) is 10.2 Å². The molecule has 16 heteroatoms. The first-order valence-electron chi connectivity index (χ1n) is 12.2. The second kappa shape index (κ2) is 7.75. The van der Waals surface area contributed by atoms with Crippen molar-refractivity contribution in [1.82, 2.24) is 0 Å². The average molecular weight is 534 g/mol. The minimum Gasteiger partial charge on any atom is -0.272 e. The molecule has 0 saturated heterocycles. The van der Waals surface area contributed by atoms with Crippen molar-refractivity contribution >= 4 is 45.5 Å². The number of hydrazone groups is 2. The van der Waals surface area contributed by atoms with Gasteiger partial charge < -0.3 is 0 Å². The molecule has 8 atom stereocenters. The first kappa shape index (κ1) is 23.1. The van der Waals surface area contributed by atoms with Gasteiger partial charge in [0.25, 0.3) is 11.4 Å². The van der Waals surface area contributed by atoms with Crippen molar-refractivity contribution in [3.8, 4) is 0 Å². The number of hydrogen-bond donors (Lipinski definition) is 2. The van der Waals surface area contributed by atoms with Gasteiger partial charge in [-0.25, -0.2) is 0 Å². The summed E-state index contributed by atoms with van der Waals surface area (Å²) in [5.74, 6) is 2.16. The molecule has 5 fully saturated rings. The number of nitro benzene ring substituents is 4. The lowest BCUT2D eigenvalue weighted by Gasteiger charge is -2.44. The molecule has 0 heterocycles. The molecule has 5 aliphatic rings. The Morgan fingerprint density at radius 1 is 0.615 bits per heavy atom. The highest BCUT2D eigenvalue weighted by Gasteiger charge is 2.82. The van der Waals surface area contributed by atoms with E-state index in [1.165, 1.54) is 24.3 Å². The number of non-ortho nitro benzene ring substituents is 2. The fourth-order valence-corrected chi connectivity index (χ4v) is 8.17. The second-order valence-corrected chi connectivity index (χ2v) is 10.5. The number of anilines is 2. The fourth-order valence-electron chi connectivity index (χ4n) is 8.17. The van der Waals surface area contributed by atoms with E-state index in [4.69, 9.17) is 0 Å². The van der Waals surface area contributed by atoms with Crippen LogP contribution in [0.15, 0.2) is 46.6 Å². The molecule has 2 aromatic rings. The summed E-state index contributed by atoms with van der Waals surface area (Å²) in [7, 11) is 0. The van der Waals surface area contributed by atoms with Gasteiger partial charge >= 0.3 is 11.4 Å². The summed E-state index contributed by atoms with van der Waals surface area (Å²) in [6, 6.07) is 6.72. The first-order valence-corrected chi connectivity index (χ1v) is 12.2. The molecule has 0 spiro atoms. The maximum atomic E-state index is 11.5. The van der Waals surface area contributed by atoms with Gasteiger partial charge in [-0.1, -0.05) is 0 Å². The Bertz CT molecular complexity index is 1470. The maximum absolute atomic E-state index is 11.5. The number of fused-ring (bicyclic) bond motifs is 2. The number of benzene rings is 2. The van der Waals surface area contributed by atoms with Crippen molar-refractivity contribution in [2.24, 2.45) is 57.5 Å². The molecule has 0 amide bonds. The Morgan fingerprint density at radius 3 is 1.38 bits per heavy atom. The standard InChI is InChI=1S/C23H18N8O8/c32-28(33)8-1-3-12(14(5-8)30(36)37)24-26-22-18-10-7-11-17-16(10)20(22)21(17)23(19(11)18)27-25-13-4-2-9(29(34)35)6-15(13)31(38)39/h1-6,10-11,16-21,24-25H,7H2/t10-,11+,16-,17-,18+,19-,20-,21-/m0/s1. The van der Waals surface area contributed by atoms with Crippen LogP contribution in [-0.4, -0.2) is 31.1 Å². The Kier molecular flexibility index (Phi) is 4.59. The molecule has 2 N–H and O–H groups in total. The molecule has 0 radical (unpaired) electrons. The third-order valence-corrected chi connectivity index (χ3v) is 9.26. The van der Waals surface area contributed by atoms with Crippen LogP contribution < -0.4 is 10.9 Å². The molecule has 2 bridgehead atoms. The monoisotopic (exact) mass is 534 g/mol. The van der Waals surface area contributed by atoms with Crippen molar-refractivity contribution in [2.75, 3.05) is 10.9 Å². The third kappa shape index (κ3) is 2.98. The van der Waals surface area contributed by atoms with Gasteiger partial charge in [0.15, 0.2) is 0 Å². The van der Waals surface area contributed by atoms with Gasteiger partial charge in [0.2, 0.25) is 0 Å². The van der Waals surface area contributed by atoms with E-state index in [0.29, 0.717) is 23.7 Å². The van der Waals surface area contributed by atoms with Gasteiger partial charge in [0, 0.05) is 47.2 Å². The number of nitrogens with one attached hydrogen (secondary N) is 2. The van der Waals surface area contributed by atoms with Crippen LogP contribution in [0.5, 0.6) is 0 Å². The minimum atomic E-state index is -0.696. The molecule has 5 aliphatic carbocycles. The van der Waals surface area contributed by atoms with Crippen LogP contribution in [-0.2, 0) is 0 Å². The Balaban J connectivity index is 1.18. The van der Waals surface area contributed by atoms with Crippen molar-refractivity contribution in [3.05, 3.63) is 76.9 Å². The third-order valence-electron chi connectivity index (χ3n) is 9.26. The molecule has 0 aromatic heterocycles. The topological polar surface area (TPSA) is 221 Å². The highest BCUT2D eigenvalue weighted by Crippen LogP contribution is 2.81. The van der Waals surface area contributed by atoms with E-state index in [-0.39, 0.29) is 46.4 Å². The summed E-state index contributed by atoms with van der Waals surface area (Å²) in [6.07, 6.45) is 1.03. The SMILES string of the molecule is O=[N+]([O-])c1ccc(NN=C2[C@@H]3[C@H]4C[C@H]5[C@@H]3C(=NNc3ccc([N+](=O)[O-])cc3[N+](=O)[O-])[C@@H]3[C@@H]2[C@@H]4[C@H]53)c([N+](=O)[O-])c1. The predicted molar refractivity (Wildman–Crippen MR) is 134 cm³/mol. The van der Waals surface area contributed by atoms with E-state index >= 15 is 0 Å². The first-order chi connectivity index (χ1) is 18.7. The lowest BCUT2D eigenvalue weighted by molar-refractivity contribution is -0.393. The van der Waals surface area contributed by atoms with Crippen LogP contribution in [0.2, 0.25) is 0 Å². The van der Waals surface area contributed by atoms with Crippen LogP contribution in [0.1, 0.15) is 6.42 Å². The summed E-state index contributed by atoms with van der Waals surface area (Å²) < 4.78 is 0. The lowest BCUT2D eigenvalue weighted by atomic mass is 9.59. The normalized spacial score (nSPS) is 33.9. The summed E-state index contributed by atoms with van der Waals surface area (Å²) in [5, 5.41) is 54.3.